The summed E-state index contributed by atoms with van der Waals surface area (Å²) in [6.45, 7) is 0. The number of carbonyl (C=O) groups is 2. The molecule has 0 heterocycles. The molecule has 5 heteroatoms. The number of anilines is 1. The lowest BCUT2D eigenvalue weighted by Crippen LogP contribution is -2.10. The van der Waals surface area contributed by atoms with Crippen molar-refractivity contribution in [2.75, 3.05) is 5.73 Å². The number of benzene rings is 2. The van der Waals surface area contributed by atoms with Gasteiger partial charge in [0.15, 0.2) is 5.78 Å². The number of hydrogen-bond acceptors (Lipinski definition) is 3. The Bertz CT molecular complexity index is 745. The van der Waals surface area contributed by atoms with Crippen LogP contribution in [0, 0.1) is 0 Å². The Morgan fingerprint density at radius 2 is 1.85 bits per heavy atom. The van der Waals surface area contributed by atoms with Crippen molar-refractivity contribution in [1.29, 1.82) is 0 Å². The molecule has 3 N–H and O–H groups in total. The second kappa shape index (κ2) is 5.88. The van der Waals surface area contributed by atoms with E-state index in [0.717, 1.165) is 4.47 Å². The van der Waals surface area contributed by atoms with Crippen molar-refractivity contribution in [2.45, 2.75) is 6.37 Å². The molecule has 4 nitrogen and oxygen atoms in total. The third kappa shape index (κ3) is 3.05. The first-order valence-electron chi connectivity index (χ1n) is 6.67. The van der Waals surface area contributed by atoms with Crippen molar-refractivity contribution < 1.29 is 17.4 Å². The SMILES string of the molecule is [2H]C([2H])(C(=O)O)c1cccc(C(=O)c2ccc(Br)cc2)c1N. The summed E-state index contributed by atoms with van der Waals surface area (Å²) in [5, 5.41) is 8.98. The molecule has 0 aliphatic carbocycles. The highest BCUT2D eigenvalue weighted by molar-refractivity contribution is 9.10. The van der Waals surface area contributed by atoms with Gasteiger partial charge in [0.05, 0.1) is 6.37 Å². The molecule has 0 unspecified atom stereocenters. The van der Waals surface area contributed by atoms with Gasteiger partial charge in [-0.15, -0.1) is 0 Å². The van der Waals surface area contributed by atoms with Crippen LogP contribution in [-0.2, 0) is 11.2 Å². The highest BCUT2D eigenvalue weighted by Crippen LogP contribution is 2.22. The largest absolute Gasteiger partial charge is 0.481 e. The average Bonchev–Trinajstić information content (AvgIpc) is 2.47. The van der Waals surface area contributed by atoms with Crippen LogP contribution in [0.4, 0.5) is 5.69 Å². The van der Waals surface area contributed by atoms with E-state index in [1.165, 1.54) is 18.2 Å². The summed E-state index contributed by atoms with van der Waals surface area (Å²) in [5.41, 5.74) is 5.90. The number of para-hydroxylation sites is 1. The molecule has 0 aliphatic heterocycles. The van der Waals surface area contributed by atoms with Crippen LogP contribution in [-0.4, -0.2) is 16.9 Å². The number of rotatable bonds is 4. The first kappa shape index (κ1) is 11.7. The van der Waals surface area contributed by atoms with Crippen molar-refractivity contribution in [3.05, 3.63) is 63.6 Å². The first-order chi connectivity index (χ1) is 10.2. The fourth-order valence-corrected chi connectivity index (χ4v) is 2.01. The van der Waals surface area contributed by atoms with Gasteiger partial charge in [-0.3, -0.25) is 9.59 Å². The maximum atomic E-state index is 12.5. The Morgan fingerprint density at radius 3 is 2.45 bits per heavy atom. The Labute approximate surface area is 127 Å². The van der Waals surface area contributed by atoms with Crippen LogP contribution in [0.1, 0.15) is 24.2 Å². The van der Waals surface area contributed by atoms with Crippen LogP contribution < -0.4 is 5.73 Å². The maximum absolute atomic E-state index is 12.5. The number of hydrogen-bond donors (Lipinski definition) is 2. The molecule has 0 saturated carbocycles. The number of carbonyl (C=O) groups excluding carboxylic acids is 1. The molecule has 2 rings (SSSR count). The van der Waals surface area contributed by atoms with E-state index in [2.05, 4.69) is 15.9 Å². The highest BCUT2D eigenvalue weighted by Gasteiger charge is 2.15. The molecule has 0 radical (unpaired) electrons. The van der Waals surface area contributed by atoms with Gasteiger partial charge in [0, 0.05) is 24.0 Å². The van der Waals surface area contributed by atoms with E-state index in [9.17, 15) is 9.59 Å². The summed E-state index contributed by atoms with van der Waals surface area (Å²) in [5.74, 6) is -2.06. The summed E-state index contributed by atoms with van der Waals surface area (Å²) in [6.07, 6.45) is -2.67. The number of carboxylic acid groups (broad SMARTS) is 1. The summed E-state index contributed by atoms with van der Waals surface area (Å²) in [6, 6.07) is 10.7. The van der Waals surface area contributed by atoms with E-state index in [4.69, 9.17) is 13.6 Å². The average molecular weight is 336 g/mol. The zero-order valence-electron chi connectivity index (χ0n) is 12.3. The van der Waals surface area contributed by atoms with Gasteiger partial charge >= 0.3 is 5.97 Å². The van der Waals surface area contributed by atoms with E-state index in [-0.39, 0.29) is 16.8 Å². The molecule has 0 fully saturated rings. The lowest BCUT2D eigenvalue weighted by atomic mass is 9.98. The van der Waals surface area contributed by atoms with E-state index in [1.807, 2.05) is 0 Å². The number of aliphatic carboxylic acids is 1. The first-order valence-corrected chi connectivity index (χ1v) is 6.47. The van der Waals surface area contributed by atoms with Gasteiger partial charge in [-0.2, -0.15) is 0 Å². The predicted octanol–water partition coefficient (Wildman–Crippen LogP) is 2.89. The van der Waals surface area contributed by atoms with E-state index in [0.29, 0.717) is 5.56 Å². The van der Waals surface area contributed by atoms with Gasteiger partial charge < -0.3 is 10.8 Å². The number of halogens is 1. The lowest BCUT2D eigenvalue weighted by Gasteiger charge is -2.09. The Morgan fingerprint density at radius 1 is 1.20 bits per heavy atom. The van der Waals surface area contributed by atoms with Crippen LogP contribution >= 0.6 is 15.9 Å². The van der Waals surface area contributed by atoms with Crippen LogP contribution in [0.15, 0.2) is 46.9 Å². The van der Waals surface area contributed by atoms with Gasteiger partial charge in [0.2, 0.25) is 0 Å². The quantitative estimate of drug-likeness (QED) is 0.665. The van der Waals surface area contributed by atoms with Crippen LogP contribution in [0.25, 0.3) is 0 Å². The summed E-state index contributed by atoms with van der Waals surface area (Å²) >= 11 is 3.27. The van der Waals surface area contributed by atoms with Crippen molar-refractivity contribution in [2.24, 2.45) is 0 Å². The Hall–Kier alpha value is -2.14. The third-order valence-corrected chi connectivity index (χ3v) is 3.23. The molecule has 0 spiro atoms. The second-order valence-electron chi connectivity index (χ2n) is 4.03. The molecule has 0 aliphatic rings. The summed E-state index contributed by atoms with van der Waals surface area (Å²) in [4.78, 5) is 23.5. The summed E-state index contributed by atoms with van der Waals surface area (Å²) < 4.78 is 16.0. The van der Waals surface area contributed by atoms with Crippen LogP contribution in [0.3, 0.4) is 0 Å². The van der Waals surface area contributed by atoms with E-state index in [1.54, 1.807) is 24.3 Å². The maximum Gasteiger partial charge on any atom is 0.307 e. The number of carboxylic acids is 1. The van der Waals surface area contributed by atoms with Gasteiger partial charge in [0.25, 0.3) is 0 Å². The monoisotopic (exact) mass is 335 g/mol. The normalized spacial score (nSPS) is 12.4. The third-order valence-electron chi connectivity index (χ3n) is 2.70. The van der Waals surface area contributed by atoms with Crippen molar-refractivity contribution >= 4 is 33.4 Å². The fourth-order valence-electron chi connectivity index (χ4n) is 1.74. The highest BCUT2D eigenvalue weighted by atomic mass is 79.9. The minimum absolute atomic E-state index is 0.0740. The Balaban J connectivity index is 2.52. The van der Waals surface area contributed by atoms with Gasteiger partial charge in [-0.05, 0) is 35.9 Å². The topological polar surface area (TPSA) is 80.4 Å². The second-order valence-corrected chi connectivity index (χ2v) is 4.95. The van der Waals surface area contributed by atoms with Gasteiger partial charge in [-0.1, -0.05) is 28.1 Å². The van der Waals surface area contributed by atoms with Gasteiger partial charge in [-0.25, -0.2) is 0 Å². The molecular formula is C15H12BrNO3. The van der Waals surface area contributed by atoms with Crippen LogP contribution in [0.2, 0.25) is 0 Å². The van der Waals surface area contributed by atoms with Gasteiger partial charge in [0.1, 0.15) is 0 Å². The zero-order valence-corrected chi connectivity index (χ0v) is 11.8. The minimum atomic E-state index is -2.67. The lowest BCUT2D eigenvalue weighted by molar-refractivity contribution is -0.136. The smallest absolute Gasteiger partial charge is 0.307 e. The molecule has 2 aromatic carbocycles. The molecule has 0 aromatic heterocycles. The molecule has 0 atom stereocenters. The number of nitrogen functional groups attached to an aromatic ring is 1. The van der Waals surface area contributed by atoms with E-state index >= 15 is 0 Å². The number of ketones is 1. The standard InChI is InChI=1S/C15H12BrNO3/c16-11-6-4-9(5-7-11)15(20)12-3-1-2-10(14(12)17)8-13(18)19/h1-7H,8,17H2,(H,18,19)/i8D2. The molecule has 2 aromatic rings. The Kier molecular flexibility index (Phi) is 3.43. The van der Waals surface area contributed by atoms with E-state index < -0.39 is 18.1 Å². The fraction of sp³-hybridized carbons (Fsp3) is 0.0667. The molecule has 0 bridgehead atoms. The predicted molar refractivity (Wildman–Crippen MR) is 79.8 cm³/mol. The molecule has 0 amide bonds. The van der Waals surface area contributed by atoms with Crippen molar-refractivity contribution in [1.82, 2.24) is 0 Å². The molecule has 20 heavy (non-hydrogen) atoms. The molecule has 0 saturated heterocycles. The number of nitrogens with two attached hydrogens (primary N) is 1. The van der Waals surface area contributed by atoms with Crippen molar-refractivity contribution in [3.63, 3.8) is 0 Å². The minimum Gasteiger partial charge on any atom is -0.481 e. The zero-order chi connectivity index (χ0) is 16.5. The molecular weight excluding hydrogens is 322 g/mol. The van der Waals surface area contributed by atoms with Crippen LogP contribution in [0.5, 0.6) is 0 Å². The molecule has 102 valence electrons. The summed E-state index contributed by atoms with van der Waals surface area (Å²) in [7, 11) is 0. The van der Waals surface area contributed by atoms with Crippen molar-refractivity contribution in [3.8, 4) is 0 Å².